The van der Waals surface area contributed by atoms with Crippen LogP contribution in [0.1, 0.15) is 10.4 Å². The molecule has 0 heterocycles. The van der Waals surface area contributed by atoms with Gasteiger partial charge < -0.3 is 20.5 Å². The molecule has 0 bridgehead atoms. The van der Waals surface area contributed by atoms with Crippen molar-refractivity contribution in [3.8, 4) is 5.75 Å². The summed E-state index contributed by atoms with van der Waals surface area (Å²) in [5.41, 5.74) is 5.71. The van der Waals surface area contributed by atoms with Crippen LogP contribution in [-0.2, 0) is 14.8 Å². The monoisotopic (exact) mass is 362 g/mol. The van der Waals surface area contributed by atoms with Crippen LogP contribution in [0, 0.1) is 0 Å². The minimum absolute atomic E-state index is 0.101. The number of sulfonamides is 1. The molecule has 3 N–H and O–H groups in total. The highest BCUT2D eigenvalue weighted by atomic mass is 32.2. The maximum Gasteiger partial charge on any atom is 0.255 e. The Bertz CT molecular complexity index is 862. The first-order valence-corrected chi connectivity index (χ1v) is 8.53. The van der Waals surface area contributed by atoms with Crippen molar-refractivity contribution in [2.45, 2.75) is 4.90 Å². The Morgan fingerprint density at radius 2 is 1.68 bits per heavy atom. The van der Waals surface area contributed by atoms with E-state index in [0.717, 1.165) is 0 Å². The molecule has 2 rings (SSSR count). The van der Waals surface area contributed by atoms with Gasteiger partial charge >= 0.3 is 0 Å². The number of carbonyl (C=O) groups excluding carboxylic acids is 2. The molecular weight excluding hydrogens is 346 g/mol. The molecule has 2 amide bonds. The number of rotatable bonds is 7. The highest BCUT2D eigenvalue weighted by Crippen LogP contribution is 2.20. The molecule has 2 aromatic carbocycles. The molecule has 132 valence electrons. The van der Waals surface area contributed by atoms with Crippen LogP contribution < -0.4 is 15.8 Å². The highest BCUT2D eigenvalue weighted by molar-refractivity contribution is 7.94. The molecule has 0 fully saturated rings. The molecule has 0 aliphatic rings. The van der Waals surface area contributed by atoms with Gasteiger partial charge in [-0.05, 0) is 48.5 Å². The molecule has 0 atom stereocenters. The number of carbonyl (C=O) groups is 2. The minimum Gasteiger partial charge on any atom is -0.537 e. The van der Waals surface area contributed by atoms with Crippen LogP contribution >= 0.6 is 0 Å². The van der Waals surface area contributed by atoms with E-state index in [4.69, 9.17) is 10.5 Å². The number of hydrogen-bond acceptors (Lipinski definition) is 5. The zero-order valence-corrected chi connectivity index (χ0v) is 14.1. The van der Waals surface area contributed by atoms with E-state index < -0.39 is 22.5 Å². The number of hydrogen-bond donors (Lipinski definition) is 2. The Kier molecular flexibility index (Phi) is 5.73. The van der Waals surface area contributed by atoms with Gasteiger partial charge in [-0.2, -0.15) is 0 Å². The van der Waals surface area contributed by atoms with Crippen molar-refractivity contribution in [1.82, 2.24) is 0 Å². The lowest BCUT2D eigenvalue weighted by Crippen LogP contribution is -2.17. The van der Waals surface area contributed by atoms with Crippen molar-refractivity contribution in [2.75, 3.05) is 19.0 Å². The van der Waals surface area contributed by atoms with Gasteiger partial charge in [0.05, 0.1) is 7.11 Å². The highest BCUT2D eigenvalue weighted by Gasteiger charge is 2.08. The Hall–Kier alpha value is -2.91. The van der Waals surface area contributed by atoms with Crippen LogP contribution in [0.5, 0.6) is 5.75 Å². The van der Waals surface area contributed by atoms with Crippen LogP contribution in [0.15, 0.2) is 53.4 Å². The third-order valence-corrected chi connectivity index (χ3v) is 4.49. The van der Waals surface area contributed by atoms with E-state index in [1.165, 1.54) is 31.4 Å². The second-order valence-corrected chi connectivity index (χ2v) is 6.62. The lowest BCUT2D eigenvalue weighted by Gasteiger charge is -2.18. The zero-order valence-electron chi connectivity index (χ0n) is 13.3. The predicted molar refractivity (Wildman–Crippen MR) is 92.0 cm³/mol. The summed E-state index contributed by atoms with van der Waals surface area (Å²) in [6, 6.07) is 11.9. The Labute approximate surface area is 145 Å². The van der Waals surface area contributed by atoms with Gasteiger partial charge in [0, 0.05) is 16.1 Å². The van der Waals surface area contributed by atoms with Crippen LogP contribution in [0.3, 0.4) is 0 Å². The van der Waals surface area contributed by atoms with Crippen LogP contribution in [-0.4, -0.2) is 33.9 Å². The fraction of sp³-hybridized carbons (Fsp3) is 0.125. The molecule has 9 heteroatoms. The number of nitrogens with zero attached hydrogens (tertiary/aromatic N) is 1. The number of amides is 2. The quantitative estimate of drug-likeness (QED) is 0.771. The smallest absolute Gasteiger partial charge is 0.255 e. The van der Waals surface area contributed by atoms with Crippen LogP contribution in [0.2, 0.25) is 0 Å². The lowest BCUT2D eigenvalue weighted by atomic mass is 10.2. The number of primary amides is 1. The van der Waals surface area contributed by atoms with Gasteiger partial charge in [0.25, 0.3) is 5.91 Å². The van der Waals surface area contributed by atoms with Crippen molar-refractivity contribution in [2.24, 2.45) is 5.73 Å². The predicted octanol–water partition coefficient (Wildman–Crippen LogP) is 1.50. The van der Waals surface area contributed by atoms with E-state index in [-0.39, 0.29) is 10.8 Å². The van der Waals surface area contributed by atoms with Crippen LogP contribution in [0.25, 0.3) is 4.72 Å². The normalized spacial score (nSPS) is 10.9. The number of methoxy groups -OCH3 is 1. The first-order valence-electron chi connectivity index (χ1n) is 7.09. The first kappa shape index (κ1) is 18.4. The summed E-state index contributed by atoms with van der Waals surface area (Å²) in [7, 11) is -2.43. The summed E-state index contributed by atoms with van der Waals surface area (Å²) in [6.07, 6.45) is 0. The van der Waals surface area contributed by atoms with Crippen LogP contribution in [0.4, 0.5) is 5.69 Å². The minimum atomic E-state index is -3.96. The average Bonchev–Trinajstić information content (AvgIpc) is 2.60. The van der Waals surface area contributed by atoms with Gasteiger partial charge in [0.1, 0.15) is 15.8 Å². The average molecular weight is 362 g/mol. The fourth-order valence-corrected chi connectivity index (χ4v) is 2.81. The van der Waals surface area contributed by atoms with Gasteiger partial charge in [-0.15, -0.1) is 0 Å². The Morgan fingerprint density at radius 1 is 1.08 bits per heavy atom. The molecule has 0 aromatic heterocycles. The largest absolute Gasteiger partial charge is 0.537 e. The second-order valence-electron chi connectivity index (χ2n) is 4.94. The molecule has 0 unspecified atom stereocenters. The fourth-order valence-electron chi connectivity index (χ4n) is 1.88. The molecule has 0 saturated carbocycles. The van der Waals surface area contributed by atoms with Crippen molar-refractivity contribution >= 4 is 27.5 Å². The molecule has 0 aliphatic carbocycles. The third-order valence-electron chi connectivity index (χ3n) is 3.15. The Morgan fingerprint density at radius 3 is 2.20 bits per heavy atom. The summed E-state index contributed by atoms with van der Waals surface area (Å²) in [4.78, 5) is 22.7. The molecule has 0 saturated heterocycles. The summed E-state index contributed by atoms with van der Waals surface area (Å²) in [6.45, 7) is -0.613. The maximum atomic E-state index is 12.1. The molecular formula is C16H16N3O5S-. The van der Waals surface area contributed by atoms with Gasteiger partial charge in [-0.3, -0.25) is 9.59 Å². The topological polar surface area (TPSA) is 130 Å². The van der Waals surface area contributed by atoms with Gasteiger partial charge in [-0.25, -0.2) is 8.42 Å². The summed E-state index contributed by atoms with van der Waals surface area (Å²) < 4.78 is 32.1. The number of nitrogens with two attached hydrogens (primary N) is 1. The van der Waals surface area contributed by atoms with E-state index >= 15 is 0 Å². The molecule has 0 radical (unpaired) electrons. The number of ether oxygens (including phenoxy) is 1. The molecule has 2 aromatic rings. The van der Waals surface area contributed by atoms with E-state index in [2.05, 4.69) is 10.0 Å². The van der Waals surface area contributed by atoms with Crippen molar-refractivity contribution in [3.63, 3.8) is 0 Å². The molecule has 0 aliphatic heterocycles. The molecule has 25 heavy (non-hydrogen) atoms. The lowest BCUT2D eigenvalue weighted by molar-refractivity contribution is -0.116. The summed E-state index contributed by atoms with van der Waals surface area (Å²) in [5.74, 6) is -0.561. The van der Waals surface area contributed by atoms with E-state index in [9.17, 15) is 18.0 Å². The second kappa shape index (κ2) is 7.77. The van der Waals surface area contributed by atoms with Gasteiger partial charge in [-0.1, -0.05) is 6.54 Å². The SMILES string of the molecule is COc1ccc(C(=O)Nc2ccc(S(=O)(=O)[N-]CC(N)=O)cc2)cc1. The zero-order chi connectivity index (χ0) is 18.4. The summed E-state index contributed by atoms with van der Waals surface area (Å²) >= 11 is 0. The number of benzene rings is 2. The standard InChI is InChI=1S/C16H16N3O5S/c1-24-13-6-2-11(3-7-13)16(21)19-12-4-8-14(9-5-12)25(22,23)18-10-15(17)20/h2-9H,10H2,1H3,(H2,17,20)(H,19,21)/q-1. The van der Waals surface area contributed by atoms with Crippen molar-refractivity contribution < 1.29 is 22.7 Å². The van der Waals surface area contributed by atoms with E-state index in [0.29, 0.717) is 17.0 Å². The first-order chi connectivity index (χ1) is 11.8. The molecule has 0 spiro atoms. The summed E-state index contributed by atoms with van der Waals surface area (Å²) in [5, 5.41) is 2.65. The van der Waals surface area contributed by atoms with E-state index in [1.54, 1.807) is 24.3 Å². The third kappa shape index (κ3) is 5.03. The van der Waals surface area contributed by atoms with Gasteiger partial charge in [0.2, 0.25) is 0 Å². The maximum absolute atomic E-state index is 12.1. The van der Waals surface area contributed by atoms with E-state index in [1.807, 2.05) is 0 Å². The number of nitrogens with one attached hydrogen (secondary N) is 1. The number of anilines is 1. The van der Waals surface area contributed by atoms with Crippen molar-refractivity contribution in [3.05, 3.63) is 58.8 Å². The van der Waals surface area contributed by atoms with Gasteiger partial charge in [0.15, 0.2) is 5.91 Å². The van der Waals surface area contributed by atoms with Crippen molar-refractivity contribution in [1.29, 1.82) is 0 Å². The molecule has 8 nitrogen and oxygen atoms in total. The Balaban J connectivity index is 2.06.